The fourth-order valence-electron chi connectivity index (χ4n) is 1.95. The Morgan fingerprint density at radius 3 is 2.39 bits per heavy atom. The van der Waals surface area contributed by atoms with Crippen LogP contribution in [0, 0.1) is 20.8 Å². The summed E-state index contributed by atoms with van der Waals surface area (Å²) in [4.78, 5) is 10.7. The van der Waals surface area contributed by atoms with E-state index >= 15 is 0 Å². The van der Waals surface area contributed by atoms with E-state index in [1.165, 1.54) is 22.3 Å². The maximum atomic E-state index is 10.7. The molecule has 0 aliphatic carbocycles. The molecule has 2 unspecified atom stereocenters. The second-order valence-corrected chi connectivity index (χ2v) is 4.84. The first-order chi connectivity index (χ1) is 8.32. The normalized spacial score (nSPS) is 14.3. The van der Waals surface area contributed by atoms with Gasteiger partial charge in [-0.1, -0.05) is 12.1 Å². The molecule has 4 nitrogen and oxygen atoms in total. The number of aryl methyl sites for hydroxylation is 3. The highest BCUT2D eigenvalue weighted by atomic mass is 16.3. The smallest absolute Gasteiger partial charge is 0.247 e. The van der Waals surface area contributed by atoms with Gasteiger partial charge in [-0.25, -0.2) is 0 Å². The van der Waals surface area contributed by atoms with Crippen molar-refractivity contribution in [3.63, 3.8) is 0 Å². The van der Waals surface area contributed by atoms with Gasteiger partial charge in [0.05, 0.1) is 0 Å². The van der Waals surface area contributed by atoms with E-state index in [0.29, 0.717) is 0 Å². The lowest BCUT2D eigenvalue weighted by Crippen LogP contribution is -2.38. The third-order valence-electron chi connectivity index (χ3n) is 3.29. The molecular formula is C14H22N2O2. The minimum atomic E-state index is -1.14. The molecule has 4 heteroatoms. The molecule has 0 heterocycles. The van der Waals surface area contributed by atoms with E-state index in [9.17, 15) is 9.90 Å². The zero-order chi connectivity index (χ0) is 13.9. The summed E-state index contributed by atoms with van der Waals surface area (Å²) in [6, 6.07) is 4.35. The molecule has 0 aliphatic heterocycles. The van der Waals surface area contributed by atoms with Crippen LogP contribution < -0.4 is 11.1 Å². The highest BCUT2D eigenvalue weighted by molar-refractivity contribution is 5.78. The van der Waals surface area contributed by atoms with Crippen molar-refractivity contribution in [2.45, 2.75) is 39.8 Å². The van der Waals surface area contributed by atoms with E-state index < -0.39 is 12.0 Å². The number of amides is 1. The number of hydrogen-bond acceptors (Lipinski definition) is 3. The average molecular weight is 250 g/mol. The van der Waals surface area contributed by atoms with Gasteiger partial charge in [-0.3, -0.25) is 4.79 Å². The summed E-state index contributed by atoms with van der Waals surface area (Å²) in [5.41, 5.74) is 9.88. The fourth-order valence-corrected chi connectivity index (χ4v) is 1.95. The first kappa shape index (κ1) is 14.7. The van der Waals surface area contributed by atoms with Crippen LogP contribution in [-0.4, -0.2) is 23.7 Å². The Bertz CT molecular complexity index is 444. The van der Waals surface area contributed by atoms with E-state index in [-0.39, 0.29) is 12.6 Å². The average Bonchev–Trinajstić information content (AvgIpc) is 2.30. The summed E-state index contributed by atoms with van der Waals surface area (Å²) in [5, 5.41) is 12.5. The number of primary amides is 1. The van der Waals surface area contributed by atoms with Crippen LogP contribution in [0.4, 0.5) is 0 Å². The third kappa shape index (κ3) is 3.55. The second-order valence-electron chi connectivity index (χ2n) is 4.84. The molecule has 0 fully saturated rings. The largest absolute Gasteiger partial charge is 0.382 e. The zero-order valence-electron chi connectivity index (χ0n) is 11.4. The molecule has 0 saturated heterocycles. The number of carbonyl (C=O) groups excluding carboxylic acids is 1. The van der Waals surface area contributed by atoms with Crippen molar-refractivity contribution >= 4 is 5.91 Å². The van der Waals surface area contributed by atoms with Gasteiger partial charge in [-0.15, -0.1) is 0 Å². The van der Waals surface area contributed by atoms with Gasteiger partial charge in [-0.05, 0) is 49.9 Å². The number of benzene rings is 1. The Hall–Kier alpha value is -1.39. The van der Waals surface area contributed by atoms with Crippen LogP contribution >= 0.6 is 0 Å². The number of nitrogens with two attached hydrogens (primary N) is 1. The molecular weight excluding hydrogens is 228 g/mol. The molecule has 1 rings (SSSR count). The molecule has 0 aromatic heterocycles. The maximum Gasteiger partial charge on any atom is 0.247 e. The summed E-state index contributed by atoms with van der Waals surface area (Å²) in [6.45, 7) is 8.39. The van der Waals surface area contributed by atoms with Gasteiger partial charge in [0.1, 0.15) is 6.10 Å². The van der Waals surface area contributed by atoms with Crippen molar-refractivity contribution in [3.8, 4) is 0 Å². The second kappa shape index (κ2) is 5.98. The molecule has 18 heavy (non-hydrogen) atoms. The number of nitrogens with one attached hydrogen (secondary N) is 1. The summed E-state index contributed by atoms with van der Waals surface area (Å²) < 4.78 is 0. The van der Waals surface area contributed by atoms with Gasteiger partial charge in [0.25, 0.3) is 0 Å². The van der Waals surface area contributed by atoms with Crippen LogP contribution in [0.25, 0.3) is 0 Å². The Morgan fingerprint density at radius 1 is 1.28 bits per heavy atom. The van der Waals surface area contributed by atoms with Crippen molar-refractivity contribution in [3.05, 3.63) is 34.4 Å². The number of rotatable bonds is 5. The SMILES string of the molecule is Cc1cc(C)c(C(C)NCC(O)C(N)=O)cc1C. The Labute approximate surface area is 108 Å². The summed E-state index contributed by atoms with van der Waals surface area (Å²) in [5.74, 6) is -0.702. The first-order valence-corrected chi connectivity index (χ1v) is 6.11. The van der Waals surface area contributed by atoms with Crippen molar-refractivity contribution in [1.82, 2.24) is 5.32 Å². The van der Waals surface area contributed by atoms with Crippen molar-refractivity contribution in [2.24, 2.45) is 5.73 Å². The minimum Gasteiger partial charge on any atom is -0.382 e. The van der Waals surface area contributed by atoms with Crippen LogP contribution in [0.15, 0.2) is 12.1 Å². The highest BCUT2D eigenvalue weighted by Crippen LogP contribution is 2.21. The van der Waals surface area contributed by atoms with Crippen LogP contribution in [-0.2, 0) is 4.79 Å². The van der Waals surface area contributed by atoms with E-state index in [1.54, 1.807) is 0 Å². The summed E-state index contributed by atoms with van der Waals surface area (Å²) in [7, 11) is 0. The van der Waals surface area contributed by atoms with E-state index in [1.807, 2.05) is 6.92 Å². The van der Waals surface area contributed by atoms with Crippen LogP contribution in [0.1, 0.15) is 35.2 Å². The van der Waals surface area contributed by atoms with Crippen molar-refractivity contribution in [1.29, 1.82) is 0 Å². The topological polar surface area (TPSA) is 75.3 Å². The third-order valence-corrected chi connectivity index (χ3v) is 3.29. The number of aliphatic hydroxyl groups is 1. The fraction of sp³-hybridized carbons (Fsp3) is 0.500. The van der Waals surface area contributed by atoms with Crippen LogP contribution in [0.3, 0.4) is 0 Å². The highest BCUT2D eigenvalue weighted by Gasteiger charge is 2.14. The first-order valence-electron chi connectivity index (χ1n) is 6.11. The molecule has 4 N–H and O–H groups in total. The van der Waals surface area contributed by atoms with Crippen LogP contribution in [0.5, 0.6) is 0 Å². The molecule has 100 valence electrons. The molecule has 0 saturated carbocycles. The molecule has 0 spiro atoms. The molecule has 1 amide bonds. The number of hydrogen-bond donors (Lipinski definition) is 3. The van der Waals surface area contributed by atoms with E-state index in [4.69, 9.17) is 5.73 Å². The molecule has 0 bridgehead atoms. The predicted molar refractivity (Wildman–Crippen MR) is 72.3 cm³/mol. The van der Waals surface area contributed by atoms with Gasteiger partial charge in [0, 0.05) is 12.6 Å². The van der Waals surface area contributed by atoms with E-state index in [0.717, 1.165) is 0 Å². The van der Waals surface area contributed by atoms with Crippen molar-refractivity contribution < 1.29 is 9.90 Å². The Kier molecular flexibility index (Phi) is 4.87. The molecule has 0 aliphatic rings. The molecule has 2 atom stereocenters. The number of carbonyl (C=O) groups is 1. The van der Waals surface area contributed by atoms with E-state index in [2.05, 4.69) is 38.2 Å². The molecule has 0 radical (unpaired) electrons. The lowest BCUT2D eigenvalue weighted by atomic mass is 9.96. The standard InChI is InChI=1S/C14H22N2O2/c1-8-5-10(3)12(6-9(8)2)11(4)16-7-13(17)14(15)18/h5-6,11,13,16-17H,7H2,1-4H3,(H2,15,18). The van der Waals surface area contributed by atoms with Gasteiger partial charge in [0.15, 0.2) is 0 Å². The lowest BCUT2D eigenvalue weighted by molar-refractivity contribution is -0.125. The zero-order valence-corrected chi connectivity index (χ0v) is 11.4. The minimum absolute atomic E-state index is 0.0679. The maximum absolute atomic E-state index is 10.7. The monoisotopic (exact) mass is 250 g/mol. The van der Waals surface area contributed by atoms with Gasteiger partial charge >= 0.3 is 0 Å². The van der Waals surface area contributed by atoms with Gasteiger partial charge < -0.3 is 16.2 Å². The predicted octanol–water partition coefficient (Wildman–Crippen LogP) is 1.11. The van der Waals surface area contributed by atoms with Gasteiger partial charge in [-0.2, -0.15) is 0 Å². The molecule has 1 aromatic carbocycles. The summed E-state index contributed by atoms with van der Waals surface area (Å²) in [6.07, 6.45) is -1.14. The van der Waals surface area contributed by atoms with Crippen molar-refractivity contribution in [2.75, 3.05) is 6.54 Å². The Balaban J connectivity index is 2.75. The lowest BCUT2D eigenvalue weighted by Gasteiger charge is -2.19. The van der Waals surface area contributed by atoms with Gasteiger partial charge in [0.2, 0.25) is 5.91 Å². The van der Waals surface area contributed by atoms with Crippen LogP contribution in [0.2, 0.25) is 0 Å². The molecule has 1 aromatic rings. The Morgan fingerprint density at radius 2 is 1.83 bits per heavy atom. The summed E-state index contributed by atoms with van der Waals surface area (Å²) >= 11 is 0. The number of aliphatic hydroxyl groups excluding tert-OH is 1. The quantitative estimate of drug-likeness (QED) is 0.732.